The number of hydrogen-bond donors (Lipinski definition) is 2. The van der Waals surface area contributed by atoms with Gasteiger partial charge in [-0.2, -0.15) is 0 Å². The van der Waals surface area contributed by atoms with E-state index in [0.717, 1.165) is 5.56 Å². The van der Waals surface area contributed by atoms with Crippen LogP contribution in [0.2, 0.25) is 0 Å². The summed E-state index contributed by atoms with van der Waals surface area (Å²) in [5.74, 6) is -0.420. The van der Waals surface area contributed by atoms with Gasteiger partial charge in [-0.05, 0) is 44.9 Å². The van der Waals surface area contributed by atoms with Crippen LogP contribution in [0.3, 0.4) is 0 Å². The highest BCUT2D eigenvalue weighted by Crippen LogP contribution is 2.25. The van der Waals surface area contributed by atoms with E-state index in [4.69, 9.17) is 10.5 Å². The minimum atomic E-state index is -0.886. The van der Waals surface area contributed by atoms with Gasteiger partial charge in [-0.3, -0.25) is 4.79 Å². The number of carbonyl (C=O) groups excluding carboxylic acids is 1. The van der Waals surface area contributed by atoms with Gasteiger partial charge in [-0.1, -0.05) is 12.1 Å². The number of anilines is 1. The van der Waals surface area contributed by atoms with Gasteiger partial charge in [0.1, 0.15) is 5.60 Å². The van der Waals surface area contributed by atoms with Crippen molar-refractivity contribution in [3.63, 3.8) is 0 Å². The van der Waals surface area contributed by atoms with E-state index in [9.17, 15) is 9.90 Å². The highest BCUT2D eigenvalue weighted by molar-refractivity contribution is 5.71. The standard InChI is InChI=1S/C14H21NO3/c1-9-10(6-5-7-11(9)15)12(16)8-13(17)18-14(2,3)4/h5-7,12,16H,8,15H2,1-4H3/t12-/m1/s1. The maximum absolute atomic E-state index is 11.6. The third kappa shape index (κ3) is 4.04. The van der Waals surface area contributed by atoms with E-state index < -0.39 is 17.7 Å². The van der Waals surface area contributed by atoms with Gasteiger partial charge >= 0.3 is 5.97 Å². The van der Waals surface area contributed by atoms with Crippen LogP contribution in [0.5, 0.6) is 0 Å². The van der Waals surface area contributed by atoms with Crippen molar-refractivity contribution in [2.75, 3.05) is 5.73 Å². The molecule has 3 N–H and O–H groups in total. The average molecular weight is 251 g/mol. The summed E-state index contributed by atoms with van der Waals surface area (Å²) in [6.07, 6.45) is -0.954. The monoisotopic (exact) mass is 251 g/mol. The maximum Gasteiger partial charge on any atom is 0.309 e. The van der Waals surface area contributed by atoms with E-state index in [0.29, 0.717) is 11.3 Å². The molecule has 1 aromatic rings. The smallest absolute Gasteiger partial charge is 0.309 e. The fraction of sp³-hybridized carbons (Fsp3) is 0.500. The van der Waals surface area contributed by atoms with Crippen LogP contribution in [0, 0.1) is 6.92 Å². The SMILES string of the molecule is Cc1c(N)cccc1[C@H](O)CC(=O)OC(C)(C)C. The maximum atomic E-state index is 11.6. The predicted octanol–water partition coefficient (Wildman–Crippen LogP) is 2.34. The van der Waals surface area contributed by atoms with Gasteiger partial charge < -0.3 is 15.6 Å². The molecule has 0 radical (unpaired) electrons. The van der Waals surface area contributed by atoms with Gasteiger partial charge in [0.15, 0.2) is 0 Å². The number of benzene rings is 1. The predicted molar refractivity (Wildman–Crippen MR) is 71.0 cm³/mol. The summed E-state index contributed by atoms with van der Waals surface area (Å²) >= 11 is 0. The molecule has 0 bridgehead atoms. The molecule has 0 aliphatic carbocycles. The lowest BCUT2D eigenvalue weighted by Gasteiger charge is -2.21. The van der Waals surface area contributed by atoms with Crippen LogP contribution in [0.4, 0.5) is 5.69 Å². The average Bonchev–Trinajstić information content (AvgIpc) is 2.18. The quantitative estimate of drug-likeness (QED) is 0.639. The lowest BCUT2D eigenvalue weighted by Crippen LogP contribution is -2.25. The van der Waals surface area contributed by atoms with Crippen LogP contribution >= 0.6 is 0 Å². The molecule has 0 saturated carbocycles. The molecule has 4 nitrogen and oxygen atoms in total. The van der Waals surface area contributed by atoms with Crippen molar-refractivity contribution in [1.29, 1.82) is 0 Å². The summed E-state index contributed by atoms with van der Waals surface area (Å²) in [6.45, 7) is 7.21. The number of hydrogen-bond acceptors (Lipinski definition) is 4. The lowest BCUT2D eigenvalue weighted by atomic mass is 10.00. The molecular formula is C14H21NO3. The van der Waals surface area contributed by atoms with Crippen molar-refractivity contribution in [2.24, 2.45) is 0 Å². The second-order valence-electron chi connectivity index (χ2n) is 5.37. The molecular weight excluding hydrogens is 230 g/mol. The van der Waals surface area contributed by atoms with E-state index in [1.807, 2.05) is 6.92 Å². The first-order valence-electron chi connectivity index (χ1n) is 5.95. The molecule has 0 spiro atoms. The number of aliphatic hydroxyl groups is 1. The van der Waals surface area contributed by atoms with Crippen LogP contribution < -0.4 is 5.73 Å². The molecule has 0 aromatic heterocycles. The second kappa shape index (κ2) is 5.40. The molecule has 100 valence electrons. The summed E-state index contributed by atoms with van der Waals surface area (Å²) in [5, 5.41) is 10.0. The first-order chi connectivity index (χ1) is 8.20. The Morgan fingerprint density at radius 2 is 2.06 bits per heavy atom. The van der Waals surface area contributed by atoms with Gasteiger partial charge in [0.2, 0.25) is 0 Å². The zero-order valence-corrected chi connectivity index (χ0v) is 11.4. The summed E-state index contributed by atoms with van der Waals surface area (Å²) < 4.78 is 5.17. The van der Waals surface area contributed by atoms with Gasteiger partial charge in [-0.25, -0.2) is 0 Å². The molecule has 0 aliphatic heterocycles. The Morgan fingerprint density at radius 1 is 1.44 bits per heavy atom. The zero-order chi connectivity index (χ0) is 13.9. The fourth-order valence-corrected chi connectivity index (χ4v) is 1.68. The Kier molecular flexibility index (Phi) is 4.35. The number of rotatable bonds is 3. The lowest BCUT2D eigenvalue weighted by molar-refractivity contribution is -0.157. The molecule has 0 heterocycles. The van der Waals surface area contributed by atoms with Crippen molar-refractivity contribution < 1.29 is 14.6 Å². The Labute approximate surface area is 108 Å². The van der Waals surface area contributed by atoms with Crippen molar-refractivity contribution in [1.82, 2.24) is 0 Å². The van der Waals surface area contributed by atoms with Gasteiger partial charge in [0.05, 0.1) is 12.5 Å². The Balaban J connectivity index is 2.74. The van der Waals surface area contributed by atoms with E-state index >= 15 is 0 Å². The Hall–Kier alpha value is -1.55. The number of nitrogens with two attached hydrogens (primary N) is 1. The molecule has 0 amide bonds. The van der Waals surface area contributed by atoms with Crippen molar-refractivity contribution in [3.05, 3.63) is 29.3 Å². The molecule has 0 aliphatic rings. The molecule has 4 heteroatoms. The summed E-state index contributed by atoms with van der Waals surface area (Å²) in [4.78, 5) is 11.6. The first kappa shape index (κ1) is 14.5. The number of ether oxygens (including phenoxy) is 1. The third-order valence-electron chi connectivity index (χ3n) is 2.56. The van der Waals surface area contributed by atoms with Crippen LogP contribution in [-0.4, -0.2) is 16.7 Å². The second-order valence-corrected chi connectivity index (χ2v) is 5.37. The molecule has 0 unspecified atom stereocenters. The van der Waals surface area contributed by atoms with Gasteiger partial charge in [-0.15, -0.1) is 0 Å². The molecule has 0 fully saturated rings. The van der Waals surface area contributed by atoms with Crippen LogP contribution in [0.25, 0.3) is 0 Å². The highest BCUT2D eigenvalue weighted by Gasteiger charge is 2.21. The minimum Gasteiger partial charge on any atom is -0.460 e. The normalized spacial score (nSPS) is 13.2. The summed E-state index contributed by atoms with van der Waals surface area (Å²) in [6, 6.07) is 5.29. The minimum absolute atomic E-state index is 0.0679. The molecule has 18 heavy (non-hydrogen) atoms. The van der Waals surface area contributed by atoms with Crippen LogP contribution in [0.15, 0.2) is 18.2 Å². The van der Waals surface area contributed by atoms with E-state index in [2.05, 4.69) is 0 Å². The van der Waals surface area contributed by atoms with E-state index in [-0.39, 0.29) is 6.42 Å². The van der Waals surface area contributed by atoms with E-state index in [1.165, 1.54) is 0 Å². The van der Waals surface area contributed by atoms with Crippen molar-refractivity contribution in [2.45, 2.75) is 45.8 Å². The highest BCUT2D eigenvalue weighted by atomic mass is 16.6. The largest absolute Gasteiger partial charge is 0.460 e. The summed E-state index contributed by atoms with van der Waals surface area (Å²) in [5.41, 5.74) is 7.30. The number of nitrogen functional groups attached to an aromatic ring is 1. The zero-order valence-electron chi connectivity index (χ0n) is 11.4. The molecule has 0 saturated heterocycles. The van der Waals surface area contributed by atoms with Gasteiger partial charge in [0, 0.05) is 5.69 Å². The molecule has 1 rings (SSSR count). The topological polar surface area (TPSA) is 72.5 Å². The molecule has 1 aromatic carbocycles. The van der Waals surface area contributed by atoms with Gasteiger partial charge in [0.25, 0.3) is 0 Å². The third-order valence-corrected chi connectivity index (χ3v) is 2.56. The number of esters is 1. The molecule has 1 atom stereocenters. The van der Waals surface area contributed by atoms with Crippen molar-refractivity contribution >= 4 is 11.7 Å². The van der Waals surface area contributed by atoms with Crippen molar-refractivity contribution in [3.8, 4) is 0 Å². The van der Waals surface area contributed by atoms with Crippen LogP contribution in [0.1, 0.15) is 44.4 Å². The number of carbonyl (C=O) groups is 1. The summed E-state index contributed by atoms with van der Waals surface area (Å²) in [7, 11) is 0. The number of aliphatic hydroxyl groups excluding tert-OH is 1. The Morgan fingerprint density at radius 3 is 2.61 bits per heavy atom. The van der Waals surface area contributed by atoms with Crippen LogP contribution in [-0.2, 0) is 9.53 Å². The fourth-order valence-electron chi connectivity index (χ4n) is 1.68. The first-order valence-corrected chi connectivity index (χ1v) is 5.95. The van der Waals surface area contributed by atoms with E-state index in [1.54, 1.807) is 39.0 Å². The Bertz CT molecular complexity index is 435.